The lowest BCUT2D eigenvalue weighted by molar-refractivity contribution is 0.0752. The third-order valence-corrected chi connectivity index (χ3v) is 3.27. The summed E-state index contributed by atoms with van der Waals surface area (Å²) in [6.45, 7) is 4.58. The Kier molecular flexibility index (Phi) is 5.22. The quantitative estimate of drug-likeness (QED) is 0.743. The fourth-order valence-corrected chi connectivity index (χ4v) is 2.12. The van der Waals surface area contributed by atoms with Crippen molar-refractivity contribution in [3.8, 4) is 5.75 Å². The van der Waals surface area contributed by atoms with Gasteiger partial charge in [0.05, 0.1) is 0 Å². The highest BCUT2D eigenvalue weighted by Crippen LogP contribution is 2.17. The van der Waals surface area contributed by atoms with E-state index in [-0.39, 0.29) is 5.91 Å². The van der Waals surface area contributed by atoms with Crippen LogP contribution in [0.4, 0.5) is 0 Å². The van der Waals surface area contributed by atoms with Crippen LogP contribution in [0.5, 0.6) is 5.75 Å². The number of benzene rings is 1. The van der Waals surface area contributed by atoms with Crippen molar-refractivity contribution in [1.82, 2.24) is 4.90 Å². The maximum absolute atomic E-state index is 12.1. The van der Waals surface area contributed by atoms with Crippen molar-refractivity contribution in [2.24, 2.45) is 0 Å². The van der Waals surface area contributed by atoms with Crippen molar-refractivity contribution in [1.29, 1.82) is 0 Å². The molecular formula is C16H16BrNO3. The summed E-state index contributed by atoms with van der Waals surface area (Å²) in [6, 6.07) is 11.0. The van der Waals surface area contributed by atoms with Crippen LogP contribution in [0.25, 0.3) is 0 Å². The molecule has 110 valence electrons. The largest absolute Gasteiger partial charge is 0.490 e. The molecule has 1 heterocycles. The van der Waals surface area contributed by atoms with Crippen LogP contribution < -0.4 is 4.74 Å². The molecule has 5 heteroatoms. The molecule has 0 saturated carbocycles. The molecule has 0 N–H and O–H groups in total. The van der Waals surface area contributed by atoms with Gasteiger partial charge in [-0.3, -0.25) is 4.79 Å². The smallest absolute Gasteiger partial charge is 0.289 e. The zero-order valence-corrected chi connectivity index (χ0v) is 13.3. The van der Waals surface area contributed by atoms with Crippen LogP contribution in [0.1, 0.15) is 16.1 Å². The summed E-state index contributed by atoms with van der Waals surface area (Å²) in [5, 5.41) is 0. The second kappa shape index (κ2) is 7.13. The van der Waals surface area contributed by atoms with Gasteiger partial charge >= 0.3 is 0 Å². The predicted molar refractivity (Wildman–Crippen MR) is 84.3 cm³/mol. The molecule has 2 rings (SSSR count). The van der Waals surface area contributed by atoms with E-state index in [9.17, 15) is 4.79 Å². The van der Waals surface area contributed by atoms with Gasteiger partial charge < -0.3 is 14.1 Å². The van der Waals surface area contributed by atoms with E-state index in [1.165, 1.54) is 0 Å². The maximum Gasteiger partial charge on any atom is 0.289 e. The van der Waals surface area contributed by atoms with E-state index in [2.05, 4.69) is 22.5 Å². The first kappa shape index (κ1) is 15.4. The lowest BCUT2D eigenvalue weighted by Gasteiger charge is -2.16. The van der Waals surface area contributed by atoms with E-state index in [0.717, 1.165) is 11.3 Å². The Hall–Kier alpha value is -2.01. The number of hydrogen-bond acceptors (Lipinski definition) is 3. The average Bonchev–Trinajstić information content (AvgIpc) is 2.92. The van der Waals surface area contributed by atoms with E-state index in [0.29, 0.717) is 23.6 Å². The van der Waals surface area contributed by atoms with Gasteiger partial charge in [0, 0.05) is 13.6 Å². The zero-order chi connectivity index (χ0) is 15.2. The second-order valence-electron chi connectivity index (χ2n) is 4.51. The summed E-state index contributed by atoms with van der Waals surface area (Å²) >= 11 is 3.19. The zero-order valence-electron chi connectivity index (χ0n) is 11.7. The molecule has 0 saturated heterocycles. The van der Waals surface area contributed by atoms with Crippen LogP contribution in [-0.2, 0) is 6.54 Å². The molecule has 0 radical (unpaired) electrons. The van der Waals surface area contributed by atoms with Gasteiger partial charge in [-0.15, -0.1) is 0 Å². The molecule has 0 bridgehead atoms. The van der Waals surface area contributed by atoms with Gasteiger partial charge in [0.25, 0.3) is 5.91 Å². The SMILES string of the molecule is C=CCOc1ccc(CN(C)C(=O)c2ccc(Br)o2)cc1. The lowest BCUT2D eigenvalue weighted by Crippen LogP contribution is -2.25. The Morgan fingerprint density at radius 2 is 2.05 bits per heavy atom. The fourth-order valence-electron chi connectivity index (χ4n) is 1.81. The molecular weight excluding hydrogens is 334 g/mol. The number of carbonyl (C=O) groups excluding carboxylic acids is 1. The predicted octanol–water partition coefficient (Wildman–Crippen LogP) is 3.88. The van der Waals surface area contributed by atoms with Gasteiger partial charge in [-0.25, -0.2) is 0 Å². The highest BCUT2D eigenvalue weighted by atomic mass is 79.9. The number of rotatable bonds is 6. The van der Waals surface area contributed by atoms with Crippen molar-refractivity contribution < 1.29 is 13.9 Å². The highest BCUT2D eigenvalue weighted by molar-refractivity contribution is 9.10. The summed E-state index contributed by atoms with van der Waals surface area (Å²) in [4.78, 5) is 13.7. The van der Waals surface area contributed by atoms with Crippen LogP contribution in [0.3, 0.4) is 0 Å². The van der Waals surface area contributed by atoms with Crippen LogP contribution in [0, 0.1) is 0 Å². The molecule has 0 aliphatic heterocycles. The van der Waals surface area contributed by atoms with E-state index in [4.69, 9.17) is 9.15 Å². The molecule has 4 nitrogen and oxygen atoms in total. The van der Waals surface area contributed by atoms with Crippen molar-refractivity contribution in [3.63, 3.8) is 0 Å². The molecule has 0 spiro atoms. The van der Waals surface area contributed by atoms with Crippen molar-refractivity contribution in [2.75, 3.05) is 13.7 Å². The van der Waals surface area contributed by atoms with Gasteiger partial charge in [0.2, 0.25) is 0 Å². The molecule has 2 aromatic rings. The molecule has 0 atom stereocenters. The van der Waals surface area contributed by atoms with Crippen molar-refractivity contribution >= 4 is 21.8 Å². The van der Waals surface area contributed by atoms with E-state index >= 15 is 0 Å². The van der Waals surface area contributed by atoms with Crippen LogP contribution in [0.15, 0.2) is 58.1 Å². The average molecular weight is 350 g/mol. The molecule has 0 aliphatic carbocycles. The minimum Gasteiger partial charge on any atom is -0.490 e. The number of halogens is 1. The van der Waals surface area contributed by atoms with E-state index in [1.807, 2.05) is 24.3 Å². The molecule has 1 aromatic carbocycles. The van der Waals surface area contributed by atoms with Crippen LogP contribution >= 0.6 is 15.9 Å². The van der Waals surface area contributed by atoms with Gasteiger partial charge in [-0.1, -0.05) is 24.8 Å². The first-order valence-electron chi connectivity index (χ1n) is 6.43. The minimum absolute atomic E-state index is 0.160. The number of amides is 1. The minimum atomic E-state index is -0.160. The van der Waals surface area contributed by atoms with Crippen molar-refractivity contribution in [2.45, 2.75) is 6.54 Å². The molecule has 0 unspecified atom stereocenters. The monoisotopic (exact) mass is 349 g/mol. The first-order chi connectivity index (χ1) is 10.1. The summed E-state index contributed by atoms with van der Waals surface area (Å²) < 4.78 is 11.2. The number of carbonyl (C=O) groups is 1. The number of nitrogens with zero attached hydrogens (tertiary/aromatic N) is 1. The second-order valence-corrected chi connectivity index (χ2v) is 5.29. The van der Waals surface area contributed by atoms with Crippen LogP contribution in [0.2, 0.25) is 0 Å². The summed E-state index contributed by atoms with van der Waals surface area (Å²) in [5.41, 5.74) is 1.02. The molecule has 0 aliphatic rings. The lowest BCUT2D eigenvalue weighted by atomic mass is 10.2. The van der Waals surface area contributed by atoms with E-state index < -0.39 is 0 Å². The number of ether oxygens (including phenoxy) is 1. The third kappa shape index (κ3) is 4.23. The fraction of sp³-hybridized carbons (Fsp3) is 0.188. The highest BCUT2D eigenvalue weighted by Gasteiger charge is 2.15. The van der Waals surface area contributed by atoms with Gasteiger partial charge in [0.1, 0.15) is 12.4 Å². The Bertz CT molecular complexity index is 619. The third-order valence-electron chi connectivity index (χ3n) is 2.84. The Labute approximate surface area is 132 Å². The summed E-state index contributed by atoms with van der Waals surface area (Å²) in [5.74, 6) is 0.936. The molecule has 1 amide bonds. The van der Waals surface area contributed by atoms with E-state index in [1.54, 1.807) is 30.2 Å². The Balaban J connectivity index is 1.97. The number of furan rings is 1. The Morgan fingerprint density at radius 3 is 2.62 bits per heavy atom. The summed E-state index contributed by atoms with van der Waals surface area (Å²) in [7, 11) is 1.74. The van der Waals surface area contributed by atoms with Gasteiger partial charge in [-0.05, 0) is 45.8 Å². The number of hydrogen-bond donors (Lipinski definition) is 0. The topological polar surface area (TPSA) is 42.7 Å². The molecule has 21 heavy (non-hydrogen) atoms. The van der Waals surface area contributed by atoms with Gasteiger partial charge in [-0.2, -0.15) is 0 Å². The normalized spacial score (nSPS) is 10.2. The standard InChI is InChI=1S/C16H16BrNO3/c1-3-10-20-13-6-4-12(5-7-13)11-18(2)16(19)14-8-9-15(17)21-14/h3-9H,1,10-11H2,2H3. The van der Waals surface area contributed by atoms with Crippen LogP contribution in [-0.4, -0.2) is 24.5 Å². The summed E-state index contributed by atoms with van der Waals surface area (Å²) in [6.07, 6.45) is 1.70. The maximum atomic E-state index is 12.1. The first-order valence-corrected chi connectivity index (χ1v) is 7.23. The van der Waals surface area contributed by atoms with Crippen molar-refractivity contribution in [3.05, 3.63) is 65.0 Å². The molecule has 1 aromatic heterocycles. The molecule has 0 fully saturated rings. The Morgan fingerprint density at radius 1 is 1.33 bits per heavy atom. The van der Waals surface area contributed by atoms with Gasteiger partial charge in [0.15, 0.2) is 10.4 Å².